The third-order valence-electron chi connectivity index (χ3n) is 22.4. The molecule has 0 spiro atoms. The summed E-state index contributed by atoms with van der Waals surface area (Å²) in [6, 6.07) is 7.93. The zero-order chi connectivity index (χ0) is 100. The lowest BCUT2D eigenvalue weighted by molar-refractivity contribution is -0.172. The maximum atomic E-state index is 15.6. The Morgan fingerprint density at radius 3 is 1.68 bits per heavy atom. The molecule has 0 saturated carbocycles. The first-order chi connectivity index (χ1) is 67.0. The number of ether oxygens (including phenoxy) is 14. The van der Waals surface area contributed by atoms with Gasteiger partial charge in [-0.1, -0.05) is 39.0 Å². The number of nitrogens with zero attached hydrogens (tertiary/aromatic N) is 3. The summed E-state index contributed by atoms with van der Waals surface area (Å²) in [7, 11) is 0. The van der Waals surface area contributed by atoms with Gasteiger partial charge in [0.25, 0.3) is 23.3 Å². The number of aliphatic carboxylic acids is 2. The number of benzene rings is 3. The number of esters is 1. The largest absolute Gasteiger partial charge is 0.481 e. The van der Waals surface area contributed by atoms with E-state index in [0.29, 0.717) is 176 Å². The molecule has 0 bridgehead atoms. The maximum Gasteiger partial charge on any atom is 0.407 e. The number of anilines is 2. The van der Waals surface area contributed by atoms with Crippen molar-refractivity contribution in [3.05, 3.63) is 133 Å². The second-order valence-corrected chi connectivity index (χ2v) is 32.6. The minimum atomic E-state index is -2.09. The van der Waals surface area contributed by atoms with Crippen LogP contribution >= 0.6 is 0 Å². The summed E-state index contributed by atoms with van der Waals surface area (Å²) in [5.74, 6) is -10.6. The number of nitrogens with two attached hydrogens (primary N) is 1. The molecular weight excluding hydrogens is 1830 g/mol. The molecule has 12 amide bonds. The van der Waals surface area contributed by atoms with Crippen LogP contribution in [-0.4, -0.2) is 311 Å². The van der Waals surface area contributed by atoms with E-state index in [1.807, 2.05) is 0 Å². The Hall–Kier alpha value is -12.4. The molecule has 9 rings (SSSR count). The van der Waals surface area contributed by atoms with Crippen molar-refractivity contribution >= 4 is 105 Å². The van der Waals surface area contributed by atoms with E-state index < -0.39 is 143 Å². The first kappa shape index (κ1) is 110. The number of amides is 12. The van der Waals surface area contributed by atoms with Gasteiger partial charge in [0.15, 0.2) is 5.60 Å². The number of carboxylic acid groups (broad SMARTS) is 2. The number of pyridine rings is 2. The monoisotopic (exact) mass is 1950 g/mol. The van der Waals surface area contributed by atoms with Gasteiger partial charge in [-0.15, -0.1) is 0 Å². The lowest BCUT2D eigenvalue weighted by Gasteiger charge is -2.31. The van der Waals surface area contributed by atoms with E-state index >= 15 is 4.39 Å². The molecule has 760 valence electrons. The van der Waals surface area contributed by atoms with Gasteiger partial charge in [0.1, 0.15) is 37.2 Å². The van der Waals surface area contributed by atoms with Gasteiger partial charge in [-0.25, -0.2) is 33.5 Å². The van der Waals surface area contributed by atoms with Crippen LogP contribution in [0.1, 0.15) is 133 Å². The van der Waals surface area contributed by atoms with Crippen molar-refractivity contribution < 1.29 is 153 Å². The first-order valence-corrected chi connectivity index (χ1v) is 45.9. The fraction of sp³-hybridized carbons (Fsp3) is 0.548. The number of primary amides is 1. The van der Waals surface area contributed by atoms with Gasteiger partial charge in [0.2, 0.25) is 35.4 Å². The zero-order valence-corrected chi connectivity index (χ0v) is 78.2. The van der Waals surface area contributed by atoms with Crippen molar-refractivity contribution in [1.29, 1.82) is 0 Å². The number of carbonyl (C=O) groups is 14. The lowest BCUT2D eigenvalue weighted by Crippen LogP contribution is -2.54. The highest BCUT2D eigenvalue weighted by Gasteiger charge is 2.46. The number of hydrogen-bond donors (Lipinski definition) is 13. The number of fused-ring (bicyclic) bond motifs is 5. The minimum absolute atomic E-state index is 0.0107. The van der Waals surface area contributed by atoms with Gasteiger partial charge in [-0.3, -0.25) is 52.7 Å². The Morgan fingerprint density at radius 1 is 0.590 bits per heavy atom. The van der Waals surface area contributed by atoms with Crippen molar-refractivity contribution in [1.82, 2.24) is 52.1 Å². The van der Waals surface area contributed by atoms with E-state index in [1.165, 1.54) is 28.8 Å². The highest BCUT2D eigenvalue weighted by atomic mass is 19.1. The third-order valence-corrected chi connectivity index (χ3v) is 22.4. The van der Waals surface area contributed by atoms with Crippen LogP contribution in [0.2, 0.25) is 0 Å². The van der Waals surface area contributed by atoms with Crippen molar-refractivity contribution in [2.45, 2.75) is 141 Å². The fourth-order valence-corrected chi connectivity index (χ4v) is 15.1. The maximum absolute atomic E-state index is 15.6. The summed E-state index contributed by atoms with van der Waals surface area (Å²) < 4.78 is 93.8. The molecule has 2 aromatic heterocycles. The molecule has 46 heteroatoms. The van der Waals surface area contributed by atoms with Gasteiger partial charge in [0, 0.05) is 78.3 Å². The second kappa shape index (κ2) is 57.8. The zero-order valence-electron chi connectivity index (χ0n) is 78.2. The molecule has 139 heavy (non-hydrogen) atoms. The van der Waals surface area contributed by atoms with E-state index in [0.717, 1.165) is 17.1 Å². The number of aliphatic hydroxyl groups is 1. The Labute approximate surface area is 799 Å². The van der Waals surface area contributed by atoms with Crippen molar-refractivity contribution in [3.63, 3.8) is 0 Å². The Bertz CT molecular complexity index is 5140. The van der Waals surface area contributed by atoms with Gasteiger partial charge >= 0.3 is 30.0 Å². The number of alkyl carbamates (subject to hydrolysis) is 1. The van der Waals surface area contributed by atoms with Gasteiger partial charge in [-0.05, 0) is 116 Å². The van der Waals surface area contributed by atoms with Crippen molar-refractivity contribution in [2.24, 2.45) is 11.7 Å². The van der Waals surface area contributed by atoms with E-state index in [9.17, 15) is 77.0 Å². The molecule has 0 fully saturated rings. The Kier molecular flexibility index (Phi) is 45.8. The molecule has 5 atom stereocenters. The normalized spacial score (nSPS) is 15.1. The van der Waals surface area contributed by atoms with Crippen LogP contribution in [0.15, 0.2) is 71.5 Å². The van der Waals surface area contributed by atoms with E-state index in [-0.39, 0.29) is 163 Å². The lowest BCUT2D eigenvalue weighted by atomic mass is 9.81. The number of aromatic nitrogens is 2. The van der Waals surface area contributed by atoms with Crippen molar-refractivity contribution in [2.75, 3.05) is 195 Å². The SMILES string of the molecule is CC[C@@]1(O)C(=O)OCc2c1cc1n(c2=O)Cc2c-1nc1cc(F)c(C)c3c1c2[C@@H](NC(=O)OCc1ccc(NC(=O)[C@H](CCCNC(N)=O)NC(=O)[C@@H](NC(=O)CCc2ccc(N4C(=O)C=CC4=O)cc2C(=O)NCC(=O)NCC(=O)NCCOCCOCCOCCOCCOCCOCCOCCOCCOCCOCCOCCOCCC(=O)N[C@@H](CCC(=O)O)C(=O)O)C(C)C)cc1)CC3. The summed E-state index contributed by atoms with van der Waals surface area (Å²) in [5.41, 5.74) is 7.11. The highest BCUT2D eigenvalue weighted by Crippen LogP contribution is 2.46. The van der Waals surface area contributed by atoms with Crippen LogP contribution in [0.25, 0.3) is 22.3 Å². The average molecular weight is 1960 g/mol. The number of cyclic esters (lactones) is 1. The molecule has 45 nitrogen and oxygen atoms in total. The van der Waals surface area contributed by atoms with Crippen molar-refractivity contribution in [3.8, 4) is 11.4 Å². The van der Waals surface area contributed by atoms with Crippen LogP contribution in [0.3, 0.4) is 0 Å². The summed E-state index contributed by atoms with van der Waals surface area (Å²) in [5, 5.41) is 53.4. The third kappa shape index (κ3) is 34.8. The standard InChI is InChI=1S/C93H124FN13O32/c1-5-93(125)67-50-73-84-65(54-106(73)88(119)66(67)56-138-90(93)122)82-69(16-15-63-58(4)68(94)51-72(102-84)81(63)82)104-92(124)139-55-59-8-12-61(13-9-59)100-86(117)70(7-6-23-97-91(95)123)103-87(118)83(57(2)3)105-74(108)18-11-60-10-14-62(107-78(112)19-20-79(107)113)49-64(60)85(116)99-53-77(111)98-52-76(110)96-24-26-127-28-30-129-32-34-131-36-38-133-40-42-135-44-46-137-48-47-136-45-43-134-41-39-132-37-35-130-33-31-128-29-27-126-25-22-75(109)101-71(89(120)121)17-21-80(114)115/h8-10,12-14,19-20,49-51,57,69-71,83,125H,5-7,11,15-18,21-48,52-56H2,1-4H3,(H,96,110)(H,98,111)(H,99,116)(H,100,117)(H,101,109)(H,103,118)(H,104,124)(H,105,108)(H,114,115)(H,120,121)(H3,95,97,123)/t69-,70-,71-,83-,93-/m0/s1. The molecule has 0 saturated heterocycles. The molecule has 4 aliphatic rings. The van der Waals surface area contributed by atoms with Crippen LogP contribution in [-0.2, 0) is 157 Å². The van der Waals surface area contributed by atoms with E-state index in [1.54, 1.807) is 58.0 Å². The van der Waals surface area contributed by atoms with E-state index in [4.69, 9.17) is 87.2 Å². The minimum Gasteiger partial charge on any atom is -0.481 e. The molecule has 5 aromatic rings. The van der Waals surface area contributed by atoms with Gasteiger partial charge < -0.3 is 140 Å². The average Bonchev–Trinajstić information content (AvgIpc) is 1.56. The summed E-state index contributed by atoms with van der Waals surface area (Å²) >= 11 is 0. The number of nitrogens with one attached hydrogen (secondary N) is 9. The van der Waals surface area contributed by atoms with E-state index in [2.05, 4.69) is 47.9 Å². The molecule has 5 heterocycles. The number of urea groups is 1. The number of hydrogen-bond acceptors (Lipinski definition) is 31. The molecule has 1 aliphatic carbocycles. The molecule has 3 aliphatic heterocycles. The summed E-state index contributed by atoms with van der Waals surface area (Å²) in [4.78, 5) is 199. The number of halogens is 1. The number of imide groups is 1. The Morgan fingerprint density at radius 2 is 1.14 bits per heavy atom. The molecular formula is C93H124FN13O32. The van der Waals surface area contributed by atoms with Crippen LogP contribution < -0.4 is 64.0 Å². The molecule has 0 unspecified atom stereocenters. The number of carbonyl (C=O) groups excluding carboxylic acids is 12. The second-order valence-electron chi connectivity index (χ2n) is 32.6. The topological polar surface area (TPSA) is 601 Å². The van der Waals surface area contributed by atoms with Gasteiger partial charge in [-0.2, -0.15) is 0 Å². The van der Waals surface area contributed by atoms with Crippen LogP contribution in [0, 0.1) is 18.7 Å². The predicted octanol–water partition coefficient (Wildman–Crippen LogP) is 1.50. The van der Waals surface area contributed by atoms with Crippen LogP contribution in [0.4, 0.5) is 25.4 Å². The number of aryl methyl sites for hydroxylation is 2. The summed E-state index contributed by atoms with van der Waals surface area (Å²) in [6.45, 7) is 12.9. The Balaban J connectivity index is 0.594. The van der Waals surface area contributed by atoms with Gasteiger partial charge in [0.05, 0.1) is 212 Å². The fourth-order valence-electron chi connectivity index (χ4n) is 15.1. The summed E-state index contributed by atoms with van der Waals surface area (Å²) in [6.07, 6.45) is 0.898. The molecule has 0 radical (unpaired) electrons. The highest BCUT2D eigenvalue weighted by molar-refractivity contribution is 6.28. The van der Waals surface area contributed by atoms with Crippen LogP contribution in [0.5, 0.6) is 0 Å². The first-order valence-electron chi connectivity index (χ1n) is 45.9. The quantitative estimate of drug-likeness (QED) is 0.0146. The smallest absolute Gasteiger partial charge is 0.407 e. The molecule has 3 aromatic carbocycles. The number of carboxylic acids is 2. The predicted molar refractivity (Wildman–Crippen MR) is 490 cm³/mol. The number of rotatable bonds is 67. The molecule has 14 N–H and O–H groups in total.